The van der Waals surface area contributed by atoms with Crippen LogP contribution in [0, 0.1) is 0 Å². The Morgan fingerprint density at radius 1 is 1.33 bits per heavy atom. The van der Waals surface area contributed by atoms with Crippen molar-refractivity contribution >= 4 is 17.7 Å². The first kappa shape index (κ1) is 13.6. The number of nitrogens with one attached hydrogen (secondary N) is 1. The lowest BCUT2D eigenvalue weighted by Gasteiger charge is -2.35. The van der Waals surface area contributed by atoms with Gasteiger partial charge in [0.2, 0.25) is 17.7 Å². The van der Waals surface area contributed by atoms with Gasteiger partial charge in [-0.15, -0.1) is 0 Å². The summed E-state index contributed by atoms with van der Waals surface area (Å²) in [5.41, 5.74) is 0.819. The third kappa shape index (κ3) is 2.37. The van der Waals surface area contributed by atoms with Gasteiger partial charge in [-0.25, -0.2) is 0 Å². The molecule has 1 aromatic carbocycles. The molecule has 0 aromatic heterocycles. The number of benzene rings is 1. The molecule has 0 spiro atoms. The number of carbonyl (C=O) groups is 3. The molecular formula is C15H16N2O4. The van der Waals surface area contributed by atoms with E-state index in [1.54, 1.807) is 6.92 Å². The minimum atomic E-state index is -0.634. The molecule has 0 radical (unpaired) electrons. The lowest BCUT2D eigenvalue weighted by Crippen LogP contribution is -2.59. The van der Waals surface area contributed by atoms with Gasteiger partial charge < -0.3 is 9.64 Å². The third-order valence-electron chi connectivity index (χ3n) is 3.96. The number of rotatable bonds is 1. The predicted molar refractivity (Wildman–Crippen MR) is 73.6 cm³/mol. The highest BCUT2D eigenvalue weighted by atomic mass is 16.5. The molecule has 3 rings (SSSR count). The summed E-state index contributed by atoms with van der Waals surface area (Å²) in [6, 6.07) is 6.75. The number of hydrogen-bond donors (Lipinski definition) is 1. The fourth-order valence-electron chi connectivity index (χ4n) is 2.78. The maximum atomic E-state index is 12.8. The number of ether oxygens (including phenoxy) is 1. The summed E-state index contributed by atoms with van der Waals surface area (Å²) < 4.78 is 5.54. The monoisotopic (exact) mass is 288 g/mol. The molecule has 1 saturated heterocycles. The quantitative estimate of drug-likeness (QED) is 0.760. The Balaban J connectivity index is 1.89. The van der Waals surface area contributed by atoms with Crippen molar-refractivity contribution in [2.45, 2.75) is 25.3 Å². The van der Waals surface area contributed by atoms with Gasteiger partial charge in [0, 0.05) is 5.56 Å². The Hall–Kier alpha value is -2.37. The van der Waals surface area contributed by atoms with E-state index >= 15 is 0 Å². The van der Waals surface area contributed by atoms with Crippen LogP contribution in [0.1, 0.15) is 24.8 Å². The predicted octanol–water partition coefficient (Wildman–Crippen LogP) is 0.426. The fourth-order valence-corrected chi connectivity index (χ4v) is 2.78. The summed E-state index contributed by atoms with van der Waals surface area (Å²) in [5, 5.41) is 2.24. The van der Waals surface area contributed by atoms with E-state index in [0.29, 0.717) is 18.8 Å². The second kappa shape index (κ2) is 5.20. The second-order valence-corrected chi connectivity index (χ2v) is 5.28. The molecule has 1 aromatic rings. The third-order valence-corrected chi connectivity index (χ3v) is 3.96. The fraction of sp³-hybridized carbons (Fsp3) is 0.400. The van der Waals surface area contributed by atoms with Crippen molar-refractivity contribution in [3.63, 3.8) is 0 Å². The summed E-state index contributed by atoms with van der Waals surface area (Å²) in [7, 11) is 0. The van der Waals surface area contributed by atoms with Crippen molar-refractivity contribution in [1.29, 1.82) is 0 Å². The Morgan fingerprint density at radius 3 is 2.90 bits per heavy atom. The van der Waals surface area contributed by atoms with E-state index in [2.05, 4.69) is 5.32 Å². The zero-order valence-electron chi connectivity index (χ0n) is 11.7. The van der Waals surface area contributed by atoms with Gasteiger partial charge in [-0.3, -0.25) is 19.7 Å². The molecule has 0 aliphatic carbocycles. The number of nitrogens with zero attached hydrogens (tertiary/aromatic N) is 1. The average Bonchev–Trinajstić information content (AvgIpc) is 2.49. The van der Waals surface area contributed by atoms with Crippen LogP contribution in [0.2, 0.25) is 0 Å². The number of carbonyl (C=O) groups excluding carboxylic acids is 3. The highest BCUT2D eigenvalue weighted by Crippen LogP contribution is 2.35. The maximum Gasteiger partial charge on any atom is 0.249 e. The first-order valence-electron chi connectivity index (χ1n) is 6.94. The van der Waals surface area contributed by atoms with E-state index < -0.39 is 17.9 Å². The smallest absolute Gasteiger partial charge is 0.249 e. The molecule has 0 bridgehead atoms. The van der Waals surface area contributed by atoms with Gasteiger partial charge in [0.15, 0.2) is 0 Å². The highest BCUT2D eigenvalue weighted by Gasteiger charge is 2.38. The minimum Gasteiger partial charge on any atom is -0.493 e. The van der Waals surface area contributed by atoms with E-state index in [9.17, 15) is 14.4 Å². The van der Waals surface area contributed by atoms with Crippen LogP contribution < -0.4 is 10.1 Å². The van der Waals surface area contributed by atoms with E-state index in [1.165, 1.54) is 4.90 Å². The molecule has 1 fully saturated rings. The normalized spacial score (nSPS) is 24.9. The molecule has 3 amide bonds. The lowest BCUT2D eigenvalue weighted by atomic mass is 9.91. The lowest BCUT2D eigenvalue weighted by molar-refractivity contribution is -0.150. The van der Waals surface area contributed by atoms with Crippen LogP contribution in [0.5, 0.6) is 5.75 Å². The Labute approximate surface area is 122 Å². The molecule has 1 N–H and O–H groups in total. The number of imide groups is 1. The summed E-state index contributed by atoms with van der Waals surface area (Å²) in [6.45, 7) is 2.01. The van der Waals surface area contributed by atoms with Gasteiger partial charge in [0.25, 0.3) is 0 Å². The van der Waals surface area contributed by atoms with Gasteiger partial charge >= 0.3 is 0 Å². The molecule has 21 heavy (non-hydrogen) atoms. The molecule has 110 valence electrons. The summed E-state index contributed by atoms with van der Waals surface area (Å²) in [5.74, 6) is -0.730. The SMILES string of the molecule is CC1C(=O)NC(=O)CN1C(=O)C1CCOc2ccccc21. The van der Waals surface area contributed by atoms with Gasteiger partial charge in [-0.2, -0.15) is 0 Å². The van der Waals surface area contributed by atoms with Crippen molar-refractivity contribution < 1.29 is 19.1 Å². The topological polar surface area (TPSA) is 75.7 Å². The van der Waals surface area contributed by atoms with Crippen molar-refractivity contribution in [2.24, 2.45) is 0 Å². The summed E-state index contributed by atoms with van der Waals surface area (Å²) >= 11 is 0. The van der Waals surface area contributed by atoms with Crippen LogP contribution in [0.4, 0.5) is 0 Å². The van der Waals surface area contributed by atoms with E-state index in [-0.39, 0.29) is 18.4 Å². The molecule has 6 nitrogen and oxygen atoms in total. The van der Waals surface area contributed by atoms with Crippen LogP contribution >= 0.6 is 0 Å². The van der Waals surface area contributed by atoms with Crippen molar-refractivity contribution in [3.8, 4) is 5.75 Å². The maximum absolute atomic E-state index is 12.8. The molecule has 2 aliphatic rings. The number of hydrogen-bond acceptors (Lipinski definition) is 4. The van der Waals surface area contributed by atoms with Crippen molar-refractivity contribution in [2.75, 3.05) is 13.2 Å². The highest BCUT2D eigenvalue weighted by molar-refractivity contribution is 6.04. The Morgan fingerprint density at radius 2 is 2.10 bits per heavy atom. The van der Waals surface area contributed by atoms with Gasteiger partial charge in [0.1, 0.15) is 18.3 Å². The van der Waals surface area contributed by atoms with Gasteiger partial charge in [0.05, 0.1) is 12.5 Å². The zero-order chi connectivity index (χ0) is 15.0. The number of fused-ring (bicyclic) bond motifs is 1. The van der Waals surface area contributed by atoms with Crippen LogP contribution in [-0.2, 0) is 14.4 Å². The van der Waals surface area contributed by atoms with Gasteiger partial charge in [-0.05, 0) is 19.4 Å². The van der Waals surface area contributed by atoms with E-state index in [1.807, 2.05) is 24.3 Å². The first-order valence-corrected chi connectivity index (χ1v) is 6.94. The number of para-hydroxylation sites is 1. The standard InChI is InChI=1S/C15H16N2O4/c1-9-14(19)16-13(18)8-17(9)15(20)11-6-7-21-12-5-3-2-4-10(11)12/h2-5,9,11H,6-8H2,1H3,(H,16,18,19). The molecule has 0 saturated carbocycles. The Bertz CT molecular complexity index is 613. The van der Waals surface area contributed by atoms with Crippen LogP contribution in [0.25, 0.3) is 0 Å². The van der Waals surface area contributed by atoms with Crippen LogP contribution in [0.15, 0.2) is 24.3 Å². The van der Waals surface area contributed by atoms with Crippen molar-refractivity contribution in [3.05, 3.63) is 29.8 Å². The summed E-state index contributed by atoms with van der Waals surface area (Å²) in [6.07, 6.45) is 0.550. The average molecular weight is 288 g/mol. The number of piperazine rings is 1. The molecule has 2 atom stereocenters. The zero-order valence-corrected chi connectivity index (χ0v) is 11.7. The first-order chi connectivity index (χ1) is 10.1. The Kier molecular flexibility index (Phi) is 3.37. The number of amides is 3. The van der Waals surface area contributed by atoms with E-state index in [0.717, 1.165) is 5.56 Å². The molecule has 2 heterocycles. The molecule has 6 heteroatoms. The summed E-state index contributed by atoms with van der Waals surface area (Å²) in [4.78, 5) is 37.3. The second-order valence-electron chi connectivity index (χ2n) is 5.28. The molecule has 2 unspecified atom stereocenters. The van der Waals surface area contributed by atoms with E-state index in [4.69, 9.17) is 4.74 Å². The van der Waals surface area contributed by atoms with Crippen molar-refractivity contribution in [1.82, 2.24) is 10.2 Å². The van der Waals surface area contributed by atoms with Crippen LogP contribution in [-0.4, -0.2) is 41.8 Å². The molecule has 2 aliphatic heterocycles. The minimum absolute atomic E-state index is 0.0781. The van der Waals surface area contributed by atoms with Gasteiger partial charge in [-0.1, -0.05) is 18.2 Å². The van der Waals surface area contributed by atoms with Crippen LogP contribution in [0.3, 0.4) is 0 Å². The largest absolute Gasteiger partial charge is 0.493 e. The molecular weight excluding hydrogens is 272 g/mol.